The number of phosphoric ester groups is 1. The van der Waals surface area contributed by atoms with E-state index in [2.05, 4.69) is 13.6 Å². The second-order valence-corrected chi connectivity index (χ2v) is 4.82. The van der Waals surface area contributed by atoms with Crippen LogP contribution in [0, 0.1) is 0 Å². The number of rotatable bonds is 2. The van der Waals surface area contributed by atoms with Crippen molar-refractivity contribution in [2.24, 2.45) is 0 Å². The third kappa shape index (κ3) is 1.40. The van der Waals surface area contributed by atoms with Gasteiger partial charge in [-0.05, 0) is 0 Å². The van der Waals surface area contributed by atoms with Crippen LogP contribution in [0.1, 0.15) is 0 Å². The van der Waals surface area contributed by atoms with Crippen molar-refractivity contribution in [3.05, 3.63) is 0 Å². The van der Waals surface area contributed by atoms with E-state index in [1.54, 1.807) is 0 Å². The van der Waals surface area contributed by atoms with E-state index in [0.29, 0.717) is 0 Å². The fourth-order valence-electron chi connectivity index (χ4n) is 1.41. The van der Waals surface area contributed by atoms with Crippen LogP contribution in [0.2, 0.25) is 0 Å². The van der Waals surface area contributed by atoms with Crippen LogP contribution in [0.15, 0.2) is 0 Å². The Bertz CT molecular complexity index is 446. The first-order chi connectivity index (χ1) is 7.68. The molecule has 2 bridgehead atoms. The predicted molar refractivity (Wildman–Crippen MR) is 43.9 cm³/mol. The van der Waals surface area contributed by atoms with Crippen LogP contribution < -0.4 is 0 Å². The maximum atomic E-state index is 11.5. The molecule has 10 nitrogen and oxygen atoms in total. The van der Waals surface area contributed by atoms with E-state index < -0.39 is 43.9 Å². The number of fused-ring (bicyclic) bond motifs is 2. The minimum atomic E-state index is -4.71. The zero-order valence-corrected chi connectivity index (χ0v) is 8.86. The molecule has 0 radical (unpaired) electrons. The first-order valence-corrected chi connectivity index (χ1v) is 5.68. The highest BCUT2D eigenvalue weighted by Crippen LogP contribution is 2.67. The van der Waals surface area contributed by atoms with Gasteiger partial charge in [0, 0.05) is 0 Å². The monoisotopic (exact) mass is 270 g/mol. The number of aliphatic hydroxyl groups excluding tert-OH is 2. The maximum Gasteiger partial charge on any atom is 0.538 e. The molecule has 0 amide bonds. The number of hydrogen-bond acceptors (Lipinski definition) is 10. The van der Waals surface area contributed by atoms with Crippen LogP contribution in [0.25, 0.3) is 0 Å². The van der Waals surface area contributed by atoms with Crippen molar-refractivity contribution < 1.29 is 48.2 Å². The van der Waals surface area contributed by atoms with Gasteiger partial charge in [0.05, 0.1) is 6.61 Å². The average molecular weight is 270 g/mol. The van der Waals surface area contributed by atoms with Gasteiger partial charge in [-0.15, -0.1) is 0 Å². The van der Waals surface area contributed by atoms with Gasteiger partial charge in [0.1, 0.15) is 6.10 Å². The Labute approximate surface area is 92.9 Å². The van der Waals surface area contributed by atoms with E-state index in [0.717, 1.165) is 0 Å². The van der Waals surface area contributed by atoms with Crippen LogP contribution in [-0.4, -0.2) is 56.5 Å². The first kappa shape index (κ1) is 12.6. The quantitative estimate of drug-likeness (QED) is 0.300. The molecule has 0 aromatic carbocycles. The van der Waals surface area contributed by atoms with Gasteiger partial charge in [0.15, 0.2) is 0 Å². The zero-order valence-electron chi connectivity index (χ0n) is 7.97. The van der Waals surface area contributed by atoms with Gasteiger partial charge in [-0.25, -0.2) is 18.4 Å². The van der Waals surface area contributed by atoms with E-state index in [9.17, 15) is 29.5 Å². The topological polar surface area (TPSA) is 160 Å². The van der Waals surface area contributed by atoms with Crippen molar-refractivity contribution in [3.63, 3.8) is 0 Å². The molecule has 2 rings (SSSR count). The minimum absolute atomic E-state index is 1.16. The van der Waals surface area contributed by atoms with Crippen LogP contribution >= 0.6 is 7.82 Å². The summed E-state index contributed by atoms with van der Waals surface area (Å²) >= 11 is 0. The van der Waals surface area contributed by atoms with Crippen LogP contribution in [0.5, 0.6) is 0 Å². The van der Waals surface area contributed by atoms with E-state index >= 15 is 0 Å². The normalized spacial score (nSPS) is 46.8. The highest BCUT2D eigenvalue weighted by molar-refractivity contribution is 7.50. The van der Waals surface area contributed by atoms with E-state index in [1.807, 2.05) is 0 Å². The summed E-state index contributed by atoms with van der Waals surface area (Å²) in [7, 11) is -4.71. The van der Waals surface area contributed by atoms with Crippen molar-refractivity contribution >= 4 is 19.6 Å². The van der Waals surface area contributed by atoms with Crippen molar-refractivity contribution in [2.75, 3.05) is 6.61 Å². The third-order valence-electron chi connectivity index (χ3n) is 2.29. The van der Waals surface area contributed by atoms with Crippen LogP contribution in [0.3, 0.4) is 0 Å². The van der Waals surface area contributed by atoms with Gasteiger partial charge >= 0.3 is 25.4 Å². The lowest BCUT2D eigenvalue weighted by Gasteiger charge is -2.32. The molecule has 2 aliphatic rings. The molecule has 2 saturated heterocycles. The molecule has 2 heterocycles. The van der Waals surface area contributed by atoms with Crippen molar-refractivity contribution in [1.29, 1.82) is 0 Å². The molecule has 4 atom stereocenters. The van der Waals surface area contributed by atoms with Crippen molar-refractivity contribution in [2.45, 2.75) is 17.7 Å². The Morgan fingerprint density at radius 3 is 2.41 bits per heavy atom. The molecular formula is C6H7O10P. The summed E-state index contributed by atoms with van der Waals surface area (Å²) in [5.41, 5.74) is 0. The molecule has 2 aliphatic heterocycles. The van der Waals surface area contributed by atoms with Gasteiger partial charge < -0.3 is 24.9 Å². The van der Waals surface area contributed by atoms with Gasteiger partial charge in [0.2, 0.25) is 0 Å². The highest BCUT2D eigenvalue weighted by Gasteiger charge is 2.78. The Balaban J connectivity index is 2.56. The lowest BCUT2D eigenvalue weighted by molar-refractivity contribution is -0.313. The second-order valence-electron chi connectivity index (χ2n) is 3.38. The molecule has 96 valence electrons. The molecule has 0 aromatic rings. The Morgan fingerprint density at radius 2 is 1.88 bits per heavy atom. The molecule has 4 N–H and O–H groups in total. The molecular weight excluding hydrogens is 263 g/mol. The van der Waals surface area contributed by atoms with Crippen LogP contribution in [0.4, 0.5) is 0 Å². The number of carbonyl (C=O) groups excluding carboxylic acids is 2. The Kier molecular flexibility index (Phi) is 2.46. The lowest BCUT2D eigenvalue weighted by Crippen LogP contribution is -2.65. The summed E-state index contributed by atoms with van der Waals surface area (Å²) in [5.74, 6) is -10.2. The van der Waals surface area contributed by atoms with E-state index in [1.165, 1.54) is 0 Å². The molecule has 0 aliphatic carbocycles. The number of ketones is 1. The Hall–Kier alpha value is -0.870. The summed E-state index contributed by atoms with van der Waals surface area (Å²) < 4.78 is 23.8. The molecule has 11 heteroatoms. The van der Waals surface area contributed by atoms with Gasteiger partial charge in [-0.2, -0.15) is 0 Å². The minimum Gasteiger partial charge on any atom is -0.393 e. The molecule has 17 heavy (non-hydrogen) atoms. The molecule has 0 spiro atoms. The van der Waals surface area contributed by atoms with Gasteiger partial charge in [0.25, 0.3) is 5.79 Å². The number of carbonyl (C=O) groups is 2. The number of phosphoric acid groups is 1. The second kappa shape index (κ2) is 3.33. The standard InChI is InChI=1S/C6H7O10P/c7-1-2(8)5(11)6(12)3(9)4(10)14-17(13,15-5)16-6/h2,7-8,11-12H,1H2/t2-,5-,6+,17?/m1/s1. The highest BCUT2D eigenvalue weighted by atomic mass is 31.2. The largest absolute Gasteiger partial charge is 0.538 e. The fourth-order valence-corrected chi connectivity index (χ4v) is 2.93. The Morgan fingerprint density at radius 1 is 1.29 bits per heavy atom. The summed E-state index contributed by atoms with van der Waals surface area (Å²) in [4.78, 5) is 22.2. The summed E-state index contributed by atoms with van der Waals surface area (Å²) in [6, 6.07) is 0. The molecule has 0 saturated carbocycles. The van der Waals surface area contributed by atoms with Crippen molar-refractivity contribution in [3.8, 4) is 0 Å². The fraction of sp³-hybridized carbons (Fsp3) is 0.667. The summed E-state index contributed by atoms with van der Waals surface area (Å²) in [6.07, 6.45) is -2.25. The molecule has 1 unspecified atom stereocenters. The lowest BCUT2D eigenvalue weighted by atomic mass is 9.96. The number of hydrogen-bond donors (Lipinski definition) is 4. The molecule has 0 aromatic heterocycles. The van der Waals surface area contributed by atoms with Crippen LogP contribution in [-0.2, 0) is 27.7 Å². The predicted octanol–water partition coefficient (Wildman–Crippen LogP) is -3.00. The van der Waals surface area contributed by atoms with Gasteiger partial charge in [-0.1, -0.05) is 0 Å². The van der Waals surface area contributed by atoms with Crippen molar-refractivity contribution in [1.82, 2.24) is 0 Å². The van der Waals surface area contributed by atoms with E-state index in [4.69, 9.17) is 5.11 Å². The summed E-state index contributed by atoms with van der Waals surface area (Å²) in [6.45, 7) is -1.16. The first-order valence-electron chi connectivity index (χ1n) is 4.22. The maximum absolute atomic E-state index is 11.5. The molecule has 2 fully saturated rings. The SMILES string of the molecule is O=C1OP2(=O)O[C@@](O)(C1=O)[C@@](O)([C@H](O)CO)O2. The van der Waals surface area contributed by atoms with E-state index in [-0.39, 0.29) is 0 Å². The number of aliphatic hydroxyl groups is 4. The smallest absolute Gasteiger partial charge is 0.393 e. The zero-order chi connectivity index (χ0) is 13.1. The number of Topliss-reactive ketones (excluding diaryl/α,β-unsaturated/α-hetero) is 1. The van der Waals surface area contributed by atoms with Gasteiger partial charge in [-0.3, -0.25) is 4.79 Å². The third-order valence-corrected chi connectivity index (χ3v) is 3.67. The average Bonchev–Trinajstić information content (AvgIpc) is 2.41. The summed E-state index contributed by atoms with van der Waals surface area (Å²) in [5, 5.41) is 37.3.